The van der Waals surface area contributed by atoms with E-state index in [0.717, 1.165) is 24.0 Å². The Morgan fingerprint density at radius 2 is 2.12 bits per heavy atom. The van der Waals surface area contributed by atoms with Gasteiger partial charge in [0.2, 0.25) is 0 Å². The molecule has 1 saturated heterocycles. The Morgan fingerprint density at radius 3 is 3.00 bits per heavy atom. The molecule has 3 heteroatoms. The maximum absolute atomic E-state index is 9.17. The van der Waals surface area contributed by atoms with Crippen molar-refractivity contribution >= 4 is 5.82 Å². The first-order valence-electron chi connectivity index (χ1n) is 6.72. The Kier molecular flexibility index (Phi) is 3.02. The first kappa shape index (κ1) is 11.0. The van der Waals surface area contributed by atoms with Gasteiger partial charge in [-0.3, -0.25) is 0 Å². The van der Waals surface area contributed by atoms with Crippen molar-refractivity contribution in [3.8, 4) is 0 Å². The summed E-state index contributed by atoms with van der Waals surface area (Å²) in [5.41, 5.74) is 0.780. The van der Waals surface area contributed by atoms with E-state index >= 15 is 0 Å². The number of hydrogen-bond donors (Lipinski definition) is 1. The van der Waals surface area contributed by atoms with E-state index in [0.29, 0.717) is 6.04 Å². The summed E-state index contributed by atoms with van der Waals surface area (Å²) >= 11 is 0. The summed E-state index contributed by atoms with van der Waals surface area (Å²) in [6.07, 6.45) is 6.75. The molecule has 0 bridgehead atoms. The van der Waals surface area contributed by atoms with Crippen LogP contribution in [0.25, 0.3) is 0 Å². The van der Waals surface area contributed by atoms with E-state index in [9.17, 15) is 0 Å². The highest BCUT2D eigenvalue weighted by Gasteiger charge is 2.35. The van der Waals surface area contributed by atoms with Gasteiger partial charge in [0, 0.05) is 12.6 Å². The fourth-order valence-electron chi connectivity index (χ4n) is 3.45. The molecule has 1 aliphatic carbocycles. The summed E-state index contributed by atoms with van der Waals surface area (Å²) in [6.45, 7) is 1.17. The second-order valence-corrected chi connectivity index (χ2v) is 5.24. The first-order valence-corrected chi connectivity index (χ1v) is 6.72. The molecule has 1 aromatic heterocycles. The van der Waals surface area contributed by atoms with Crippen molar-refractivity contribution in [3.05, 3.63) is 23.9 Å². The van der Waals surface area contributed by atoms with Gasteiger partial charge in [-0.05, 0) is 43.7 Å². The van der Waals surface area contributed by atoms with Crippen LogP contribution in [0.4, 0.5) is 5.82 Å². The molecular formula is C14H20N2O. The lowest BCUT2D eigenvalue weighted by Gasteiger charge is -2.38. The van der Waals surface area contributed by atoms with Gasteiger partial charge in [-0.2, -0.15) is 0 Å². The average Bonchev–Trinajstić information content (AvgIpc) is 2.87. The van der Waals surface area contributed by atoms with E-state index in [-0.39, 0.29) is 6.61 Å². The molecule has 92 valence electrons. The van der Waals surface area contributed by atoms with Crippen LogP contribution >= 0.6 is 0 Å². The topological polar surface area (TPSA) is 36.4 Å². The number of fused-ring (bicyclic) bond motifs is 1. The highest BCUT2D eigenvalue weighted by molar-refractivity contribution is 5.41. The van der Waals surface area contributed by atoms with Crippen molar-refractivity contribution in [2.75, 3.05) is 11.4 Å². The van der Waals surface area contributed by atoms with Crippen molar-refractivity contribution in [2.45, 2.75) is 44.8 Å². The number of aliphatic hydroxyl groups excluding tert-OH is 1. The number of pyridine rings is 1. The predicted molar refractivity (Wildman–Crippen MR) is 67.9 cm³/mol. The zero-order valence-corrected chi connectivity index (χ0v) is 10.2. The highest BCUT2D eigenvalue weighted by Crippen LogP contribution is 2.38. The highest BCUT2D eigenvalue weighted by atomic mass is 16.3. The van der Waals surface area contributed by atoms with Gasteiger partial charge in [-0.1, -0.05) is 12.5 Å². The molecule has 0 spiro atoms. The maximum Gasteiger partial charge on any atom is 0.129 e. The Morgan fingerprint density at radius 1 is 1.24 bits per heavy atom. The van der Waals surface area contributed by atoms with E-state index in [1.54, 1.807) is 0 Å². The summed E-state index contributed by atoms with van der Waals surface area (Å²) in [5.74, 6) is 1.94. The second kappa shape index (κ2) is 4.65. The zero-order valence-electron chi connectivity index (χ0n) is 10.2. The summed E-state index contributed by atoms with van der Waals surface area (Å²) in [4.78, 5) is 7.02. The third-order valence-corrected chi connectivity index (χ3v) is 4.24. The predicted octanol–water partition coefficient (Wildman–Crippen LogP) is 2.34. The number of piperidine rings is 1. The van der Waals surface area contributed by atoms with Crippen LogP contribution in [0.5, 0.6) is 0 Å². The molecule has 1 aromatic rings. The quantitative estimate of drug-likeness (QED) is 0.850. The molecule has 2 aliphatic rings. The Bertz CT molecular complexity index is 394. The molecule has 1 N–H and O–H groups in total. The van der Waals surface area contributed by atoms with Crippen molar-refractivity contribution in [2.24, 2.45) is 5.92 Å². The molecule has 2 unspecified atom stereocenters. The monoisotopic (exact) mass is 232 g/mol. The third kappa shape index (κ3) is 2.04. The molecule has 2 fully saturated rings. The van der Waals surface area contributed by atoms with Gasteiger partial charge in [0.1, 0.15) is 5.82 Å². The molecule has 3 nitrogen and oxygen atoms in total. The van der Waals surface area contributed by atoms with Crippen LogP contribution < -0.4 is 4.90 Å². The zero-order chi connectivity index (χ0) is 11.7. The van der Waals surface area contributed by atoms with Crippen molar-refractivity contribution < 1.29 is 5.11 Å². The minimum absolute atomic E-state index is 0.0375. The first-order chi connectivity index (χ1) is 8.38. The van der Waals surface area contributed by atoms with Crippen LogP contribution in [0.3, 0.4) is 0 Å². The Balaban J connectivity index is 1.86. The fraction of sp³-hybridized carbons (Fsp3) is 0.643. The lowest BCUT2D eigenvalue weighted by Crippen LogP contribution is -2.43. The normalized spacial score (nSPS) is 28.2. The molecule has 0 aromatic carbocycles. The van der Waals surface area contributed by atoms with E-state index in [4.69, 9.17) is 5.11 Å². The molecule has 2 heterocycles. The minimum Gasteiger partial charge on any atom is -0.390 e. The van der Waals surface area contributed by atoms with Gasteiger partial charge >= 0.3 is 0 Å². The number of nitrogens with zero attached hydrogens (tertiary/aromatic N) is 2. The van der Waals surface area contributed by atoms with Crippen molar-refractivity contribution in [1.82, 2.24) is 4.98 Å². The Hall–Kier alpha value is -1.09. The van der Waals surface area contributed by atoms with Gasteiger partial charge in [-0.15, -0.1) is 0 Å². The van der Waals surface area contributed by atoms with Crippen molar-refractivity contribution in [3.63, 3.8) is 0 Å². The third-order valence-electron chi connectivity index (χ3n) is 4.24. The Labute approximate surface area is 102 Å². The molecule has 1 aliphatic heterocycles. The number of anilines is 1. The van der Waals surface area contributed by atoms with Gasteiger partial charge in [-0.25, -0.2) is 4.98 Å². The summed E-state index contributed by atoms with van der Waals surface area (Å²) in [6, 6.07) is 6.68. The lowest BCUT2D eigenvalue weighted by molar-refractivity contribution is 0.276. The van der Waals surface area contributed by atoms with Crippen molar-refractivity contribution in [1.29, 1.82) is 0 Å². The molecule has 2 atom stereocenters. The van der Waals surface area contributed by atoms with Gasteiger partial charge in [0.15, 0.2) is 0 Å². The molecule has 1 saturated carbocycles. The molecule has 0 radical (unpaired) electrons. The van der Waals surface area contributed by atoms with Crippen LogP contribution in [-0.2, 0) is 6.61 Å². The summed E-state index contributed by atoms with van der Waals surface area (Å²) in [7, 11) is 0. The molecule has 17 heavy (non-hydrogen) atoms. The van der Waals surface area contributed by atoms with Crippen LogP contribution in [0.1, 0.15) is 37.8 Å². The maximum atomic E-state index is 9.17. The van der Waals surface area contributed by atoms with E-state index in [2.05, 4.69) is 16.0 Å². The van der Waals surface area contributed by atoms with E-state index in [1.165, 1.54) is 32.1 Å². The summed E-state index contributed by atoms with van der Waals surface area (Å²) in [5, 5.41) is 9.17. The van der Waals surface area contributed by atoms with Crippen LogP contribution in [-0.4, -0.2) is 22.7 Å². The standard InChI is InChI=1S/C14H20N2O/c17-10-12-6-2-8-14(15-12)16-9-3-5-11-4-1-7-13(11)16/h2,6,8,11,13,17H,1,3-5,7,9-10H2. The number of hydrogen-bond acceptors (Lipinski definition) is 3. The smallest absolute Gasteiger partial charge is 0.129 e. The fourth-order valence-corrected chi connectivity index (χ4v) is 3.45. The van der Waals surface area contributed by atoms with Crippen LogP contribution in [0, 0.1) is 5.92 Å². The summed E-state index contributed by atoms with van der Waals surface area (Å²) < 4.78 is 0. The van der Waals surface area contributed by atoms with Crippen LogP contribution in [0.15, 0.2) is 18.2 Å². The molecule has 0 amide bonds. The van der Waals surface area contributed by atoms with Gasteiger partial charge in [0.25, 0.3) is 0 Å². The second-order valence-electron chi connectivity index (χ2n) is 5.24. The number of aromatic nitrogens is 1. The number of aliphatic hydroxyl groups is 1. The lowest BCUT2D eigenvalue weighted by atomic mass is 9.92. The van der Waals surface area contributed by atoms with E-state index in [1.807, 2.05) is 12.1 Å². The molecule has 3 rings (SSSR count). The van der Waals surface area contributed by atoms with Gasteiger partial charge in [0.05, 0.1) is 12.3 Å². The van der Waals surface area contributed by atoms with Crippen LogP contribution in [0.2, 0.25) is 0 Å². The minimum atomic E-state index is 0.0375. The SMILES string of the molecule is OCc1cccc(N2CCCC3CCCC32)n1. The number of rotatable bonds is 2. The van der Waals surface area contributed by atoms with E-state index < -0.39 is 0 Å². The average molecular weight is 232 g/mol. The largest absolute Gasteiger partial charge is 0.390 e. The molecular weight excluding hydrogens is 212 g/mol. The van der Waals surface area contributed by atoms with Gasteiger partial charge < -0.3 is 10.0 Å².